The van der Waals surface area contributed by atoms with Gasteiger partial charge in [-0.05, 0) is 40.5 Å². The van der Waals surface area contributed by atoms with Gasteiger partial charge in [0.05, 0.1) is 12.7 Å². The van der Waals surface area contributed by atoms with Crippen LogP contribution in [0.15, 0.2) is 22.9 Å². The average Bonchev–Trinajstić information content (AvgIpc) is 2.70. The summed E-state index contributed by atoms with van der Waals surface area (Å²) in [5.74, 6) is 0. The van der Waals surface area contributed by atoms with Crippen molar-refractivity contribution in [1.29, 1.82) is 0 Å². The minimum atomic E-state index is 0. The largest absolute Gasteiger partial charge is 0.372 e. The van der Waals surface area contributed by atoms with Crippen molar-refractivity contribution in [3.63, 3.8) is 0 Å². The Bertz CT molecular complexity index is 288. The molecule has 84 valence electrons. The van der Waals surface area contributed by atoms with Crippen LogP contribution in [-0.4, -0.2) is 24.2 Å². The van der Waals surface area contributed by atoms with Crippen molar-refractivity contribution in [2.75, 3.05) is 13.1 Å². The molecule has 1 aromatic rings. The van der Waals surface area contributed by atoms with Gasteiger partial charge in [-0.3, -0.25) is 0 Å². The second kappa shape index (κ2) is 6.43. The molecule has 0 saturated carbocycles. The molecule has 0 aromatic carbocycles. The van der Waals surface area contributed by atoms with E-state index in [0.717, 1.165) is 29.7 Å². The summed E-state index contributed by atoms with van der Waals surface area (Å²) in [5.41, 5.74) is 1.13. The molecule has 0 unspecified atom stereocenters. The molecule has 2 heterocycles. The van der Waals surface area contributed by atoms with E-state index in [-0.39, 0.29) is 12.4 Å². The fraction of sp³-hybridized carbons (Fsp3) is 0.500. The molecular formula is C10H14BrClN2O. The molecule has 2 rings (SSSR count). The summed E-state index contributed by atoms with van der Waals surface area (Å²) in [5, 5.41) is 3.27. The predicted octanol–water partition coefficient (Wildman–Crippen LogP) is 2.14. The molecule has 0 bridgehead atoms. The molecule has 3 nitrogen and oxygen atoms in total. The quantitative estimate of drug-likeness (QED) is 0.867. The van der Waals surface area contributed by atoms with Gasteiger partial charge in [0.15, 0.2) is 0 Å². The van der Waals surface area contributed by atoms with E-state index in [4.69, 9.17) is 4.74 Å². The first-order valence-corrected chi connectivity index (χ1v) is 5.56. The van der Waals surface area contributed by atoms with Crippen molar-refractivity contribution in [2.45, 2.75) is 19.1 Å². The van der Waals surface area contributed by atoms with Gasteiger partial charge >= 0.3 is 0 Å². The third kappa shape index (κ3) is 4.07. The van der Waals surface area contributed by atoms with E-state index >= 15 is 0 Å². The maximum atomic E-state index is 5.71. The van der Waals surface area contributed by atoms with E-state index < -0.39 is 0 Å². The fourth-order valence-corrected chi connectivity index (χ4v) is 1.71. The molecule has 0 amide bonds. The van der Waals surface area contributed by atoms with Gasteiger partial charge in [-0.1, -0.05) is 6.07 Å². The zero-order valence-corrected chi connectivity index (χ0v) is 10.7. The van der Waals surface area contributed by atoms with E-state index in [2.05, 4.69) is 26.2 Å². The van der Waals surface area contributed by atoms with Crippen molar-refractivity contribution >= 4 is 28.3 Å². The maximum absolute atomic E-state index is 5.71. The standard InChI is InChI=1S/C10H13BrN2O.ClH/c11-10-2-1-8(5-13-10)7-14-9-3-4-12-6-9;/h1-2,5,9,12H,3-4,6-7H2;1H/t9-;/m1./s1. The van der Waals surface area contributed by atoms with E-state index in [1.165, 1.54) is 0 Å². The first-order valence-electron chi connectivity index (χ1n) is 4.77. The molecule has 0 spiro atoms. The van der Waals surface area contributed by atoms with Gasteiger partial charge in [-0.25, -0.2) is 4.98 Å². The highest BCUT2D eigenvalue weighted by molar-refractivity contribution is 9.10. The maximum Gasteiger partial charge on any atom is 0.106 e. The number of rotatable bonds is 3. The molecule has 1 saturated heterocycles. The minimum Gasteiger partial charge on any atom is -0.372 e. The second-order valence-electron chi connectivity index (χ2n) is 3.41. The van der Waals surface area contributed by atoms with Crippen LogP contribution in [0.2, 0.25) is 0 Å². The lowest BCUT2D eigenvalue weighted by atomic mass is 10.3. The van der Waals surface area contributed by atoms with Crippen LogP contribution in [-0.2, 0) is 11.3 Å². The van der Waals surface area contributed by atoms with Crippen molar-refractivity contribution in [3.8, 4) is 0 Å². The number of hydrogen-bond acceptors (Lipinski definition) is 3. The first-order chi connectivity index (χ1) is 6.84. The van der Waals surface area contributed by atoms with Crippen molar-refractivity contribution < 1.29 is 4.74 Å². The summed E-state index contributed by atoms with van der Waals surface area (Å²) in [6, 6.07) is 3.96. The molecule has 15 heavy (non-hydrogen) atoms. The van der Waals surface area contributed by atoms with Crippen LogP contribution in [0.25, 0.3) is 0 Å². The molecule has 1 aromatic heterocycles. The van der Waals surface area contributed by atoms with Gasteiger partial charge in [0, 0.05) is 12.7 Å². The third-order valence-electron chi connectivity index (χ3n) is 2.29. The van der Waals surface area contributed by atoms with Crippen molar-refractivity contribution in [2.24, 2.45) is 0 Å². The van der Waals surface area contributed by atoms with Crippen LogP contribution in [0.4, 0.5) is 0 Å². The summed E-state index contributed by atoms with van der Waals surface area (Å²) in [6.07, 6.45) is 3.33. The highest BCUT2D eigenvalue weighted by atomic mass is 79.9. The number of nitrogens with zero attached hydrogens (tertiary/aromatic N) is 1. The molecule has 1 N–H and O–H groups in total. The smallest absolute Gasteiger partial charge is 0.106 e. The predicted molar refractivity (Wildman–Crippen MR) is 65.2 cm³/mol. The first kappa shape index (κ1) is 12.9. The number of pyridine rings is 1. The molecule has 0 aliphatic carbocycles. The molecule has 1 fully saturated rings. The zero-order valence-electron chi connectivity index (χ0n) is 8.28. The Hall–Kier alpha value is -0.160. The molecule has 0 radical (unpaired) electrons. The highest BCUT2D eigenvalue weighted by Crippen LogP contribution is 2.10. The minimum absolute atomic E-state index is 0. The van der Waals surface area contributed by atoms with Gasteiger partial charge in [0.2, 0.25) is 0 Å². The van der Waals surface area contributed by atoms with E-state index in [1.807, 2.05) is 18.3 Å². The van der Waals surface area contributed by atoms with Crippen LogP contribution >= 0.6 is 28.3 Å². The second-order valence-corrected chi connectivity index (χ2v) is 4.23. The molecular weight excluding hydrogens is 279 g/mol. The monoisotopic (exact) mass is 292 g/mol. The van der Waals surface area contributed by atoms with Crippen LogP contribution in [0.1, 0.15) is 12.0 Å². The lowest BCUT2D eigenvalue weighted by Crippen LogP contribution is -2.16. The van der Waals surface area contributed by atoms with Gasteiger partial charge < -0.3 is 10.1 Å². The fourth-order valence-electron chi connectivity index (χ4n) is 1.48. The SMILES string of the molecule is Brc1ccc(CO[C@@H]2CCNC2)cn1.Cl. The van der Waals surface area contributed by atoms with Gasteiger partial charge in [-0.15, -0.1) is 12.4 Å². The summed E-state index contributed by atoms with van der Waals surface area (Å²) in [6.45, 7) is 2.71. The number of halogens is 2. The molecule has 1 atom stereocenters. The Morgan fingerprint density at radius 2 is 2.40 bits per heavy atom. The van der Waals surface area contributed by atoms with Gasteiger partial charge in [-0.2, -0.15) is 0 Å². The Labute approximate surface area is 104 Å². The Morgan fingerprint density at radius 3 is 3.00 bits per heavy atom. The van der Waals surface area contributed by atoms with Crippen LogP contribution < -0.4 is 5.32 Å². The summed E-state index contributed by atoms with van der Waals surface area (Å²) in [4.78, 5) is 4.15. The molecule has 1 aliphatic heterocycles. The number of nitrogens with one attached hydrogen (secondary N) is 1. The molecule has 1 aliphatic rings. The van der Waals surface area contributed by atoms with E-state index in [0.29, 0.717) is 12.7 Å². The zero-order chi connectivity index (χ0) is 9.80. The van der Waals surface area contributed by atoms with Gasteiger partial charge in [0.1, 0.15) is 4.60 Å². The number of ether oxygens (including phenoxy) is 1. The highest BCUT2D eigenvalue weighted by Gasteiger charge is 2.14. The third-order valence-corrected chi connectivity index (χ3v) is 2.76. The Balaban J connectivity index is 0.00000112. The lowest BCUT2D eigenvalue weighted by molar-refractivity contribution is 0.0540. The van der Waals surface area contributed by atoms with Crippen molar-refractivity contribution in [1.82, 2.24) is 10.3 Å². The van der Waals surface area contributed by atoms with Crippen LogP contribution in [0, 0.1) is 0 Å². The molecule has 5 heteroatoms. The van der Waals surface area contributed by atoms with Crippen LogP contribution in [0.3, 0.4) is 0 Å². The number of aromatic nitrogens is 1. The number of hydrogen-bond donors (Lipinski definition) is 1. The van der Waals surface area contributed by atoms with E-state index in [9.17, 15) is 0 Å². The van der Waals surface area contributed by atoms with Crippen LogP contribution in [0.5, 0.6) is 0 Å². The summed E-state index contributed by atoms with van der Waals surface area (Å²) < 4.78 is 6.58. The normalized spacial score (nSPS) is 19.9. The van der Waals surface area contributed by atoms with Crippen molar-refractivity contribution in [3.05, 3.63) is 28.5 Å². The Kier molecular flexibility index (Phi) is 5.53. The average molecular weight is 294 g/mol. The topological polar surface area (TPSA) is 34.1 Å². The Morgan fingerprint density at radius 1 is 1.53 bits per heavy atom. The summed E-state index contributed by atoms with van der Waals surface area (Å²) >= 11 is 3.30. The van der Waals surface area contributed by atoms with Gasteiger partial charge in [0.25, 0.3) is 0 Å². The van der Waals surface area contributed by atoms with E-state index in [1.54, 1.807) is 0 Å². The summed E-state index contributed by atoms with van der Waals surface area (Å²) in [7, 11) is 0. The lowest BCUT2D eigenvalue weighted by Gasteiger charge is -2.09.